The van der Waals surface area contributed by atoms with Crippen LogP contribution in [0.15, 0.2) is 24.3 Å². The van der Waals surface area contributed by atoms with E-state index in [2.05, 4.69) is 0 Å². The smallest absolute Gasteiger partial charge is 0.269 e. The Bertz CT molecular complexity index is 424. The van der Waals surface area contributed by atoms with E-state index in [0.29, 0.717) is 5.56 Å². The number of non-ortho nitro benzene ring substituents is 1. The quantitative estimate of drug-likeness (QED) is 0.503. The van der Waals surface area contributed by atoms with Gasteiger partial charge in [-0.05, 0) is 12.0 Å². The van der Waals surface area contributed by atoms with E-state index >= 15 is 0 Å². The van der Waals surface area contributed by atoms with Gasteiger partial charge in [-0.15, -0.1) is 12.4 Å². The molecule has 8 heteroatoms. The van der Waals surface area contributed by atoms with Crippen LogP contribution in [0.3, 0.4) is 0 Å². The number of nitro benzene ring substituents is 1. The van der Waals surface area contributed by atoms with Crippen LogP contribution in [0.5, 0.6) is 0 Å². The summed E-state index contributed by atoms with van der Waals surface area (Å²) in [5, 5.41) is 19.7. The van der Waals surface area contributed by atoms with E-state index in [0.717, 1.165) is 0 Å². The summed E-state index contributed by atoms with van der Waals surface area (Å²) >= 11 is 0. The van der Waals surface area contributed by atoms with Gasteiger partial charge in [-0.3, -0.25) is 14.9 Å². The number of rotatable bonds is 5. The van der Waals surface area contributed by atoms with Crippen LogP contribution in [-0.2, 0) is 11.2 Å². The number of carbonyl (C=O) groups is 1. The third kappa shape index (κ3) is 4.28. The number of aliphatic hydroxyl groups excluding tert-OH is 1. The molecule has 1 aromatic rings. The molecule has 0 aromatic heterocycles. The first kappa shape index (κ1) is 16.3. The van der Waals surface area contributed by atoms with E-state index < -0.39 is 23.0 Å². The fourth-order valence-corrected chi connectivity index (χ4v) is 1.35. The van der Waals surface area contributed by atoms with Gasteiger partial charge in [0.15, 0.2) is 0 Å². The van der Waals surface area contributed by atoms with Crippen molar-refractivity contribution in [3.05, 3.63) is 39.9 Å². The highest BCUT2D eigenvalue weighted by molar-refractivity contribution is 5.85. The molecule has 7 nitrogen and oxygen atoms in total. The van der Waals surface area contributed by atoms with E-state index in [9.17, 15) is 20.0 Å². The van der Waals surface area contributed by atoms with Crippen molar-refractivity contribution < 1.29 is 14.8 Å². The summed E-state index contributed by atoms with van der Waals surface area (Å²) in [5.74, 6) is -0.889. The van der Waals surface area contributed by atoms with Crippen LogP contribution in [0.4, 0.5) is 5.69 Å². The second-order valence-corrected chi connectivity index (χ2v) is 3.64. The number of nitrogens with zero attached hydrogens (tertiary/aromatic N) is 1. The number of carbonyl (C=O) groups excluding carboxylic acids is 1. The van der Waals surface area contributed by atoms with Gasteiger partial charge in [0, 0.05) is 18.2 Å². The second-order valence-electron chi connectivity index (χ2n) is 3.64. The zero-order valence-corrected chi connectivity index (χ0v) is 10.2. The molecule has 2 unspecified atom stereocenters. The molecule has 0 aliphatic heterocycles. The molecule has 0 spiro atoms. The van der Waals surface area contributed by atoms with E-state index in [-0.39, 0.29) is 24.5 Å². The highest BCUT2D eigenvalue weighted by atomic mass is 35.5. The van der Waals surface area contributed by atoms with Crippen LogP contribution in [0.1, 0.15) is 5.56 Å². The molecular formula is C10H14ClN3O4. The average molecular weight is 276 g/mol. The van der Waals surface area contributed by atoms with Crippen molar-refractivity contribution in [1.29, 1.82) is 0 Å². The lowest BCUT2D eigenvalue weighted by Crippen LogP contribution is -2.45. The molecular weight excluding hydrogens is 262 g/mol. The van der Waals surface area contributed by atoms with Gasteiger partial charge in [-0.1, -0.05) is 12.1 Å². The first-order valence-corrected chi connectivity index (χ1v) is 4.88. The molecule has 5 N–H and O–H groups in total. The van der Waals surface area contributed by atoms with Crippen LogP contribution in [-0.4, -0.2) is 28.1 Å². The SMILES string of the molecule is Cl.NC(=O)C(O)C(N)Cc1ccc([N+](=O)[O-])cc1. The molecule has 0 saturated carbocycles. The van der Waals surface area contributed by atoms with Crippen molar-refractivity contribution in [3.63, 3.8) is 0 Å². The zero-order chi connectivity index (χ0) is 13.0. The number of primary amides is 1. The minimum absolute atomic E-state index is 0. The van der Waals surface area contributed by atoms with Crippen LogP contribution < -0.4 is 11.5 Å². The lowest BCUT2D eigenvalue weighted by atomic mass is 10.0. The molecule has 0 aliphatic carbocycles. The summed E-state index contributed by atoms with van der Waals surface area (Å²) in [6.45, 7) is 0. The highest BCUT2D eigenvalue weighted by Gasteiger charge is 2.20. The maximum atomic E-state index is 10.7. The molecule has 2 atom stereocenters. The fraction of sp³-hybridized carbons (Fsp3) is 0.300. The van der Waals surface area contributed by atoms with Crippen LogP contribution in [0.25, 0.3) is 0 Å². The van der Waals surface area contributed by atoms with E-state index in [1.54, 1.807) is 0 Å². The van der Waals surface area contributed by atoms with Crippen LogP contribution >= 0.6 is 12.4 Å². The van der Waals surface area contributed by atoms with E-state index in [1.807, 2.05) is 0 Å². The van der Waals surface area contributed by atoms with Gasteiger partial charge < -0.3 is 16.6 Å². The molecule has 0 heterocycles. The number of benzene rings is 1. The van der Waals surface area contributed by atoms with Gasteiger partial charge in [-0.2, -0.15) is 0 Å². The van der Waals surface area contributed by atoms with Crippen molar-refractivity contribution in [2.24, 2.45) is 11.5 Å². The standard InChI is InChI=1S/C10H13N3O4.ClH/c11-8(9(14)10(12)15)5-6-1-3-7(4-2-6)13(16)17;/h1-4,8-9,14H,5,11H2,(H2,12,15);1H. The predicted molar refractivity (Wildman–Crippen MR) is 67.2 cm³/mol. The van der Waals surface area contributed by atoms with Gasteiger partial charge in [0.25, 0.3) is 5.69 Å². The summed E-state index contributed by atoms with van der Waals surface area (Å²) < 4.78 is 0. The minimum atomic E-state index is -1.43. The number of hydrogen-bond acceptors (Lipinski definition) is 5. The fourth-order valence-electron chi connectivity index (χ4n) is 1.35. The molecule has 1 rings (SSSR count). The number of aliphatic hydroxyl groups is 1. The second kappa shape index (κ2) is 6.90. The Hall–Kier alpha value is -1.70. The molecule has 0 saturated heterocycles. The Morgan fingerprint density at radius 3 is 2.28 bits per heavy atom. The molecule has 18 heavy (non-hydrogen) atoms. The summed E-state index contributed by atoms with van der Waals surface area (Å²) in [4.78, 5) is 20.6. The number of halogens is 1. The highest BCUT2D eigenvalue weighted by Crippen LogP contribution is 2.13. The maximum absolute atomic E-state index is 10.7. The molecule has 1 amide bonds. The normalized spacial score (nSPS) is 13.2. The maximum Gasteiger partial charge on any atom is 0.269 e. The first-order chi connectivity index (χ1) is 7.91. The van der Waals surface area contributed by atoms with Crippen molar-refractivity contribution in [1.82, 2.24) is 0 Å². The Labute approximate surface area is 109 Å². The minimum Gasteiger partial charge on any atom is -0.382 e. The third-order valence-corrected chi connectivity index (χ3v) is 2.32. The predicted octanol–water partition coefficient (Wildman–Crippen LogP) is -0.267. The molecule has 0 radical (unpaired) electrons. The largest absolute Gasteiger partial charge is 0.382 e. The molecule has 1 aromatic carbocycles. The van der Waals surface area contributed by atoms with Crippen molar-refractivity contribution in [3.8, 4) is 0 Å². The monoisotopic (exact) mass is 275 g/mol. The van der Waals surface area contributed by atoms with Crippen LogP contribution in [0, 0.1) is 10.1 Å². The Balaban J connectivity index is 0.00000289. The number of nitro groups is 1. The van der Waals surface area contributed by atoms with Crippen LogP contribution in [0.2, 0.25) is 0 Å². The number of hydrogen-bond donors (Lipinski definition) is 3. The third-order valence-electron chi connectivity index (χ3n) is 2.32. The van der Waals surface area contributed by atoms with Gasteiger partial charge in [0.1, 0.15) is 6.10 Å². The molecule has 0 aliphatic rings. The van der Waals surface area contributed by atoms with Gasteiger partial charge in [-0.25, -0.2) is 0 Å². The summed E-state index contributed by atoms with van der Waals surface area (Å²) in [6.07, 6.45) is -1.22. The topological polar surface area (TPSA) is 132 Å². The van der Waals surface area contributed by atoms with E-state index in [1.165, 1.54) is 24.3 Å². The van der Waals surface area contributed by atoms with Gasteiger partial charge in [0.2, 0.25) is 5.91 Å². The van der Waals surface area contributed by atoms with Crippen molar-refractivity contribution >= 4 is 24.0 Å². The molecule has 100 valence electrons. The molecule has 0 bridgehead atoms. The summed E-state index contributed by atoms with van der Waals surface area (Å²) in [7, 11) is 0. The Kier molecular flexibility index (Phi) is 6.24. The van der Waals surface area contributed by atoms with Crippen molar-refractivity contribution in [2.45, 2.75) is 18.6 Å². The average Bonchev–Trinajstić information content (AvgIpc) is 2.28. The number of amides is 1. The Morgan fingerprint density at radius 1 is 1.39 bits per heavy atom. The summed E-state index contributed by atoms with van der Waals surface area (Å²) in [6, 6.07) is 4.88. The zero-order valence-electron chi connectivity index (χ0n) is 9.35. The lowest BCUT2D eigenvalue weighted by Gasteiger charge is -2.15. The van der Waals surface area contributed by atoms with Gasteiger partial charge >= 0.3 is 0 Å². The van der Waals surface area contributed by atoms with E-state index in [4.69, 9.17) is 11.5 Å². The lowest BCUT2D eigenvalue weighted by molar-refractivity contribution is -0.384. The Morgan fingerprint density at radius 2 is 1.89 bits per heavy atom. The van der Waals surface area contributed by atoms with Gasteiger partial charge in [0.05, 0.1) is 4.92 Å². The summed E-state index contributed by atoms with van der Waals surface area (Å²) in [5.41, 5.74) is 11.1. The molecule has 0 fully saturated rings. The number of nitrogens with two attached hydrogens (primary N) is 2. The van der Waals surface area contributed by atoms with Crippen molar-refractivity contribution in [2.75, 3.05) is 0 Å². The first-order valence-electron chi connectivity index (χ1n) is 4.88.